The molecular formula is C8H12F3NO4. The number of methoxy groups -OCH3 is 1. The van der Waals surface area contributed by atoms with Gasteiger partial charge in [-0.15, -0.1) is 0 Å². The third kappa shape index (κ3) is 4.05. The van der Waals surface area contributed by atoms with Crippen LogP contribution in [0.4, 0.5) is 13.2 Å². The molecule has 0 spiro atoms. The zero-order chi connectivity index (χ0) is 12.9. The summed E-state index contributed by atoms with van der Waals surface area (Å²) in [5.74, 6) is -3.69. The van der Waals surface area contributed by atoms with Crippen LogP contribution in [0, 0.1) is 0 Å². The van der Waals surface area contributed by atoms with Gasteiger partial charge in [0.15, 0.2) is 0 Å². The molecule has 0 aromatic heterocycles. The van der Waals surface area contributed by atoms with E-state index in [9.17, 15) is 22.8 Å². The van der Waals surface area contributed by atoms with Crippen molar-refractivity contribution < 1.29 is 32.6 Å². The Morgan fingerprint density at radius 3 is 2.25 bits per heavy atom. The van der Waals surface area contributed by atoms with Gasteiger partial charge in [-0.05, 0) is 6.92 Å². The Balaban J connectivity index is 4.80. The molecule has 0 rings (SSSR count). The summed E-state index contributed by atoms with van der Waals surface area (Å²) in [6, 6.07) is -1.55. The Kier molecular flexibility index (Phi) is 5.22. The molecule has 8 heteroatoms. The number of hydrogen-bond donors (Lipinski definition) is 1. The number of rotatable bonds is 5. The molecule has 1 N–H and O–H groups in total. The molecule has 0 saturated heterocycles. The Labute approximate surface area is 89.8 Å². The molecule has 0 aromatic carbocycles. The highest BCUT2D eigenvalue weighted by molar-refractivity contribution is 5.86. The number of hydrogen-bond acceptors (Lipinski definition) is 3. The van der Waals surface area contributed by atoms with Crippen molar-refractivity contribution in [2.45, 2.75) is 19.1 Å². The summed E-state index contributed by atoms with van der Waals surface area (Å²) in [4.78, 5) is 21.6. The Morgan fingerprint density at radius 2 is 1.94 bits per heavy atom. The molecule has 5 nitrogen and oxygen atoms in total. The van der Waals surface area contributed by atoms with E-state index < -0.39 is 30.6 Å². The molecule has 0 heterocycles. The fraction of sp³-hybridized carbons (Fsp3) is 0.750. The van der Waals surface area contributed by atoms with Gasteiger partial charge < -0.3 is 14.7 Å². The standard InChI is InChI=1S/C8H12F3NO4/c1-5(6(13)14)12(3-4-16-2)7(15)8(9,10)11/h5H,3-4H2,1-2H3,(H,13,14). The van der Waals surface area contributed by atoms with Gasteiger partial charge in [-0.1, -0.05) is 0 Å². The maximum atomic E-state index is 12.1. The molecule has 0 saturated carbocycles. The number of alkyl halides is 3. The summed E-state index contributed by atoms with van der Waals surface area (Å²) >= 11 is 0. The van der Waals surface area contributed by atoms with Crippen LogP contribution in [0.5, 0.6) is 0 Å². The molecule has 0 aliphatic rings. The van der Waals surface area contributed by atoms with Gasteiger partial charge in [0.25, 0.3) is 0 Å². The number of amides is 1. The van der Waals surface area contributed by atoms with E-state index in [1.54, 1.807) is 0 Å². The molecule has 0 radical (unpaired) electrons. The van der Waals surface area contributed by atoms with E-state index >= 15 is 0 Å². The third-order valence-corrected chi connectivity index (χ3v) is 1.86. The van der Waals surface area contributed by atoms with Crippen molar-refractivity contribution in [2.75, 3.05) is 20.3 Å². The first-order chi connectivity index (χ1) is 7.21. The van der Waals surface area contributed by atoms with Crippen molar-refractivity contribution in [1.82, 2.24) is 4.90 Å². The van der Waals surface area contributed by atoms with Crippen LogP contribution >= 0.6 is 0 Å². The molecule has 0 aliphatic carbocycles. The van der Waals surface area contributed by atoms with Crippen molar-refractivity contribution in [2.24, 2.45) is 0 Å². The van der Waals surface area contributed by atoms with E-state index in [0.29, 0.717) is 0 Å². The second-order valence-corrected chi connectivity index (χ2v) is 3.00. The zero-order valence-corrected chi connectivity index (χ0v) is 8.74. The predicted molar refractivity (Wildman–Crippen MR) is 46.7 cm³/mol. The number of carboxylic acids is 1. The Morgan fingerprint density at radius 1 is 1.44 bits per heavy atom. The molecule has 0 aliphatic heterocycles. The molecule has 0 fully saturated rings. The molecule has 0 aromatic rings. The molecular weight excluding hydrogens is 231 g/mol. The van der Waals surface area contributed by atoms with Crippen LogP contribution in [0.1, 0.15) is 6.92 Å². The van der Waals surface area contributed by atoms with Gasteiger partial charge in [0, 0.05) is 13.7 Å². The van der Waals surface area contributed by atoms with E-state index in [0.717, 1.165) is 6.92 Å². The predicted octanol–water partition coefficient (Wildman–Crippen LogP) is 0.497. The SMILES string of the molecule is COCCN(C(=O)C(F)(F)F)C(C)C(=O)O. The first kappa shape index (κ1) is 14.7. The third-order valence-electron chi connectivity index (χ3n) is 1.86. The van der Waals surface area contributed by atoms with Crippen molar-refractivity contribution in [3.05, 3.63) is 0 Å². The number of ether oxygens (including phenoxy) is 1. The van der Waals surface area contributed by atoms with Crippen LogP contribution in [-0.4, -0.2) is 54.4 Å². The monoisotopic (exact) mass is 243 g/mol. The van der Waals surface area contributed by atoms with Crippen molar-refractivity contribution in [3.8, 4) is 0 Å². The van der Waals surface area contributed by atoms with E-state index in [4.69, 9.17) is 5.11 Å². The Bertz CT molecular complexity index is 266. The first-order valence-electron chi connectivity index (χ1n) is 4.31. The minimum Gasteiger partial charge on any atom is -0.480 e. The molecule has 1 unspecified atom stereocenters. The average Bonchev–Trinajstić information content (AvgIpc) is 2.16. The summed E-state index contributed by atoms with van der Waals surface area (Å²) in [6.45, 7) is 0.406. The molecule has 1 atom stereocenters. The number of halogens is 3. The van der Waals surface area contributed by atoms with E-state index in [-0.39, 0.29) is 11.5 Å². The van der Waals surface area contributed by atoms with Crippen LogP contribution in [0.15, 0.2) is 0 Å². The number of carboxylic acid groups (broad SMARTS) is 1. The fourth-order valence-corrected chi connectivity index (χ4v) is 0.957. The zero-order valence-electron chi connectivity index (χ0n) is 8.74. The number of carbonyl (C=O) groups excluding carboxylic acids is 1. The number of carbonyl (C=O) groups is 2. The lowest BCUT2D eigenvalue weighted by molar-refractivity contribution is -0.189. The quantitative estimate of drug-likeness (QED) is 0.763. The lowest BCUT2D eigenvalue weighted by atomic mass is 10.2. The first-order valence-corrected chi connectivity index (χ1v) is 4.31. The number of aliphatic carboxylic acids is 1. The minimum atomic E-state index is -5.09. The van der Waals surface area contributed by atoms with E-state index in [1.807, 2.05) is 0 Å². The fourth-order valence-electron chi connectivity index (χ4n) is 0.957. The van der Waals surface area contributed by atoms with Crippen LogP contribution in [-0.2, 0) is 14.3 Å². The average molecular weight is 243 g/mol. The lowest BCUT2D eigenvalue weighted by Crippen LogP contribution is -2.50. The highest BCUT2D eigenvalue weighted by atomic mass is 19.4. The Hall–Kier alpha value is -1.31. The highest BCUT2D eigenvalue weighted by Gasteiger charge is 2.44. The van der Waals surface area contributed by atoms with Gasteiger partial charge in [-0.3, -0.25) is 4.79 Å². The van der Waals surface area contributed by atoms with Gasteiger partial charge in [0.1, 0.15) is 6.04 Å². The second-order valence-electron chi connectivity index (χ2n) is 3.00. The van der Waals surface area contributed by atoms with Gasteiger partial charge in [-0.25, -0.2) is 4.79 Å². The normalized spacial score (nSPS) is 13.3. The van der Waals surface area contributed by atoms with Crippen LogP contribution < -0.4 is 0 Å². The van der Waals surface area contributed by atoms with E-state index in [1.165, 1.54) is 7.11 Å². The summed E-state index contributed by atoms with van der Waals surface area (Å²) in [7, 11) is 1.24. The summed E-state index contributed by atoms with van der Waals surface area (Å²) in [5.41, 5.74) is 0. The number of nitrogens with zero attached hydrogens (tertiary/aromatic N) is 1. The van der Waals surface area contributed by atoms with Gasteiger partial charge >= 0.3 is 18.1 Å². The summed E-state index contributed by atoms with van der Waals surface area (Å²) < 4.78 is 40.9. The van der Waals surface area contributed by atoms with Crippen LogP contribution in [0.3, 0.4) is 0 Å². The smallest absolute Gasteiger partial charge is 0.471 e. The van der Waals surface area contributed by atoms with E-state index in [2.05, 4.69) is 4.74 Å². The summed E-state index contributed by atoms with van der Waals surface area (Å²) in [5, 5.41) is 8.56. The maximum absolute atomic E-state index is 12.1. The highest BCUT2D eigenvalue weighted by Crippen LogP contribution is 2.19. The van der Waals surface area contributed by atoms with Gasteiger partial charge in [0.05, 0.1) is 6.61 Å². The summed E-state index contributed by atoms with van der Waals surface area (Å²) in [6.07, 6.45) is -5.09. The second kappa shape index (κ2) is 5.69. The molecule has 0 bridgehead atoms. The van der Waals surface area contributed by atoms with Crippen molar-refractivity contribution >= 4 is 11.9 Å². The molecule has 94 valence electrons. The topological polar surface area (TPSA) is 66.8 Å². The maximum Gasteiger partial charge on any atom is 0.471 e. The molecule has 1 amide bonds. The molecule has 16 heavy (non-hydrogen) atoms. The van der Waals surface area contributed by atoms with Gasteiger partial charge in [0.2, 0.25) is 0 Å². The van der Waals surface area contributed by atoms with Crippen molar-refractivity contribution in [1.29, 1.82) is 0 Å². The van der Waals surface area contributed by atoms with Crippen LogP contribution in [0.25, 0.3) is 0 Å². The minimum absolute atomic E-state index is 0.167. The lowest BCUT2D eigenvalue weighted by Gasteiger charge is -2.26. The van der Waals surface area contributed by atoms with Gasteiger partial charge in [-0.2, -0.15) is 13.2 Å². The van der Waals surface area contributed by atoms with Crippen LogP contribution in [0.2, 0.25) is 0 Å². The largest absolute Gasteiger partial charge is 0.480 e. The van der Waals surface area contributed by atoms with Crippen molar-refractivity contribution in [3.63, 3.8) is 0 Å².